The number of carbonyl (C=O) groups excluding carboxylic acids is 2. The molecule has 1 saturated heterocycles. The Morgan fingerprint density at radius 2 is 2.03 bits per heavy atom. The van der Waals surface area contributed by atoms with Crippen LogP contribution in [-0.4, -0.2) is 39.3 Å². The summed E-state index contributed by atoms with van der Waals surface area (Å²) in [5.74, 6) is 1.17. The van der Waals surface area contributed by atoms with Crippen LogP contribution in [0.15, 0.2) is 18.2 Å². The zero-order chi connectivity index (χ0) is 20.7. The average Bonchev–Trinajstić information content (AvgIpc) is 3.36. The van der Waals surface area contributed by atoms with Gasteiger partial charge in [-0.05, 0) is 51.8 Å². The van der Waals surface area contributed by atoms with Gasteiger partial charge in [-0.15, -0.1) is 0 Å². The van der Waals surface area contributed by atoms with Gasteiger partial charge in [0.1, 0.15) is 6.04 Å². The lowest BCUT2D eigenvalue weighted by atomic mass is 10.1. The molecule has 2 aromatic rings. The van der Waals surface area contributed by atoms with E-state index in [0.29, 0.717) is 30.9 Å². The van der Waals surface area contributed by atoms with Gasteiger partial charge in [-0.25, -0.2) is 0 Å². The fourth-order valence-corrected chi connectivity index (χ4v) is 3.99. The molecule has 0 bridgehead atoms. The molecule has 1 aromatic carbocycles. The van der Waals surface area contributed by atoms with E-state index in [9.17, 15) is 9.59 Å². The maximum atomic E-state index is 13.0. The van der Waals surface area contributed by atoms with Crippen LogP contribution in [0.1, 0.15) is 49.7 Å². The zero-order valence-corrected chi connectivity index (χ0v) is 17.2. The fraction of sp³-hybridized carbons (Fsp3) is 0.476. The Labute approximate surface area is 169 Å². The summed E-state index contributed by atoms with van der Waals surface area (Å²) in [5, 5.41) is 7.53. The second-order valence-corrected chi connectivity index (χ2v) is 7.84. The molecule has 1 aromatic heterocycles. The van der Waals surface area contributed by atoms with Gasteiger partial charge in [-0.2, -0.15) is 5.10 Å². The maximum absolute atomic E-state index is 13.0. The van der Waals surface area contributed by atoms with Crippen molar-refractivity contribution in [3.63, 3.8) is 0 Å². The van der Waals surface area contributed by atoms with E-state index in [1.165, 1.54) is 0 Å². The predicted molar refractivity (Wildman–Crippen MR) is 107 cm³/mol. The number of hydrogen-bond donors (Lipinski definition) is 1. The van der Waals surface area contributed by atoms with E-state index in [4.69, 9.17) is 9.47 Å². The Balaban J connectivity index is 1.51. The molecule has 1 atom stereocenters. The van der Waals surface area contributed by atoms with Gasteiger partial charge in [0, 0.05) is 19.0 Å². The second kappa shape index (κ2) is 7.42. The molecule has 2 aliphatic rings. The Hall–Kier alpha value is -3.03. The maximum Gasteiger partial charge on any atom is 0.247 e. The number of nitrogens with zero attached hydrogens (tertiary/aromatic N) is 3. The minimum atomic E-state index is -0.505. The molecule has 2 aliphatic heterocycles. The van der Waals surface area contributed by atoms with E-state index < -0.39 is 6.04 Å². The van der Waals surface area contributed by atoms with Crippen molar-refractivity contribution in [2.24, 2.45) is 0 Å². The monoisotopic (exact) mass is 398 g/mol. The predicted octanol–water partition coefficient (Wildman–Crippen LogP) is 2.94. The molecule has 154 valence electrons. The zero-order valence-electron chi connectivity index (χ0n) is 17.2. The first-order valence-electron chi connectivity index (χ1n) is 9.89. The Morgan fingerprint density at radius 1 is 1.28 bits per heavy atom. The van der Waals surface area contributed by atoms with Gasteiger partial charge in [-0.1, -0.05) is 6.07 Å². The van der Waals surface area contributed by atoms with Crippen LogP contribution in [0.4, 0.5) is 5.69 Å². The van der Waals surface area contributed by atoms with E-state index in [1.54, 1.807) is 4.90 Å². The van der Waals surface area contributed by atoms with Gasteiger partial charge in [0.15, 0.2) is 11.5 Å². The molecule has 0 aliphatic carbocycles. The van der Waals surface area contributed by atoms with Gasteiger partial charge in [-0.3, -0.25) is 14.3 Å². The minimum absolute atomic E-state index is 0.0193. The van der Waals surface area contributed by atoms with E-state index in [-0.39, 0.29) is 24.6 Å². The Bertz CT molecular complexity index is 966. The summed E-state index contributed by atoms with van der Waals surface area (Å²) in [6, 6.07) is 5.29. The van der Waals surface area contributed by atoms with Crippen LogP contribution >= 0.6 is 0 Å². The van der Waals surface area contributed by atoms with Gasteiger partial charge in [0.25, 0.3) is 0 Å². The summed E-state index contributed by atoms with van der Waals surface area (Å²) in [6.45, 7) is 8.49. The van der Waals surface area contributed by atoms with Crippen LogP contribution in [0, 0.1) is 13.8 Å². The number of aromatic nitrogens is 2. The van der Waals surface area contributed by atoms with Crippen LogP contribution in [0.25, 0.3) is 0 Å². The number of carbonyl (C=O) groups is 2. The van der Waals surface area contributed by atoms with Crippen molar-refractivity contribution in [2.75, 3.05) is 12.1 Å². The highest BCUT2D eigenvalue weighted by Crippen LogP contribution is 2.34. The second-order valence-electron chi connectivity index (χ2n) is 7.84. The average molecular weight is 398 g/mol. The molecule has 1 unspecified atom stereocenters. The van der Waals surface area contributed by atoms with Gasteiger partial charge in [0.2, 0.25) is 18.6 Å². The molecule has 1 fully saturated rings. The minimum Gasteiger partial charge on any atom is -0.454 e. The van der Waals surface area contributed by atoms with Crippen molar-refractivity contribution in [3.8, 4) is 11.5 Å². The van der Waals surface area contributed by atoms with Crippen LogP contribution in [0.5, 0.6) is 11.5 Å². The topological polar surface area (TPSA) is 85.7 Å². The van der Waals surface area contributed by atoms with Crippen LogP contribution in [-0.2, 0) is 16.1 Å². The number of anilines is 1. The molecule has 8 heteroatoms. The van der Waals surface area contributed by atoms with Gasteiger partial charge in [0.05, 0.1) is 17.1 Å². The number of fused-ring (bicyclic) bond motifs is 1. The third-order valence-corrected chi connectivity index (χ3v) is 5.48. The summed E-state index contributed by atoms with van der Waals surface area (Å²) in [5.41, 5.74) is 3.32. The largest absolute Gasteiger partial charge is 0.454 e. The first-order chi connectivity index (χ1) is 13.8. The quantitative estimate of drug-likeness (QED) is 0.837. The lowest BCUT2D eigenvalue weighted by Gasteiger charge is -2.24. The van der Waals surface area contributed by atoms with Crippen molar-refractivity contribution < 1.29 is 19.1 Å². The number of likely N-dealkylation sites (tertiary alicyclic amines) is 1. The SMILES string of the molecule is Cc1nn(C(C)C)c(C)c1NC(=O)C1CCC(=O)N1Cc1ccc2c(c1)OCO2. The molecule has 2 amide bonds. The van der Waals surface area contributed by atoms with Gasteiger partial charge >= 0.3 is 0 Å². The molecule has 0 spiro atoms. The van der Waals surface area contributed by atoms with E-state index >= 15 is 0 Å². The van der Waals surface area contributed by atoms with E-state index in [1.807, 2.05) is 50.6 Å². The Morgan fingerprint density at radius 3 is 2.76 bits per heavy atom. The summed E-state index contributed by atoms with van der Waals surface area (Å²) >= 11 is 0. The number of hydrogen-bond acceptors (Lipinski definition) is 5. The Kier molecular flexibility index (Phi) is 4.94. The van der Waals surface area contributed by atoms with Crippen LogP contribution < -0.4 is 14.8 Å². The number of aryl methyl sites for hydroxylation is 1. The lowest BCUT2D eigenvalue weighted by Crippen LogP contribution is -2.41. The lowest BCUT2D eigenvalue weighted by molar-refractivity contribution is -0.133. The van der Waals surface area contributed by atoms with E-state index in [0.717, 1.165) is 22.6 Å². The molecule has 0 radical (unpaired) electrons. The molecule has 8 nitrogen and oxygen atoms in total. The van der Waals surface area contributed by atoms with Crippen molar-refractivity contribution in [1.82, 2.24) is 14.7 Å². The summed E-state index contributed by atoms with van der Waals surface area (Å²) in [4.78, 5) is 27.2. The summed E-state index contributed by atoms with van der Waals surface area (Å²) < 4.78 is 12.7. The van der Waals surface area contributed by atoms with Gasteiger partial charge < -0.3 is 19.7 Å². The molecular weight excluding hydrogens is 372 g/mol. The normalized spacial score (nSPS) is 18.0. The van der Waals surface area contributed by atoms with Crippen molar-refractivity contribution >= 4 is 17.5 Å². The number of benzene rings is 1. The number of ether oxygens (including phenoxy) is 2. The van der Waals surface area contributed by atoms with Crippen LogP contribution in [0.2, 0.25) is 0 Å². The fourth-order valence-electron chi connectivity index (χ4n) is 3.99. The standard InChI is InChI=1S/C21H26N4O4/c1-12(2)25-14(4)20(13(3)23-25)22-21(27)16-6-8-19(26)24(16)10-15-5-7-17-18(9-15)29-11-28-17/h5,7,9,12,16H,6,8,10-11H2,1-4H3,(H,22,27). The summed E-state index contributed by atoms with van der Waals surface area (Å²) in [6.07, 6.45) is 0.873. The molecule has 29 heavy (non-hydrogen) atoms. The van der Waals surface area contributed by atoms with E-state index in [2.05, 4.69) is 10.4 Å². The van der Waals surface area contributed by atoms with Crippen molar-refractivity contribution in [1.29, 1.82) is 0 Å². The van der Waals surface area contributed by atoms with Crippen molar-refractivity contribution in [2.45, 2.75) is 59.2 Å². The smallest absolute Gasteiger partial charge is 0.247 e. The highest BCUT2D eigenvalue weighted by atomic mass is 16.7. The third-order valence-electron chi connectivity index (χ3n) is 5.48. The van der Waals surface area contributed by atoms with Crippen molar-refractivity contribution in [3.05, 3.63) is 35.2 Å². The highest BCUT2D eigenvalue weighted by molar-refractivity contribution is 5.99. The number of rotatable bonds is 5. The first kappa shape index (κ1) is 19.3. The number of amides is 2. The summed E-state index contributed by atoms with van der Waals surface area (Å²) in [7, 11) is 0. The van der Waals surface area contributed by atoms with Crippen LogP contribution in [0.3, 0.4) is 0 Å². The molecule has 0 saturated carbocycles. The first-order valence-corrected chi connectivity index (χ1v) is 9.89. The molecular formula is C21H26N4O4. The highest BCUT2D eigenvalue weighted by Gasteiger charge is 2.36. The molecule has 1 N–H and O–H groups in total. The molecule has 4 rings (SSSR count). The number of nitrogens with one attached hydrogen (secondary N) is 1. The molecule has 3 heterocycles. The third kappa shape index (κ3) is 3.54.